The number of carboxylic acids is 1. The zero-order chi connectivity index (χ0) is 10.9. The summed E-state index contributed by atoms with van der Waals surface area (Å²) in [4.78, 5) is 14.9. The molecular weight excluding hydrogens is 225 g/mol. The molecule has 1 N–H and O–H groups in total. The lowest BCUT2D eigenvalue weighted by Gasteiger charge is -2.08. The van der Waals surface area contributed by atoms with Crippen LogP contribution in [0, 0.1) is 6.92 Å². The molecule has 0 amide bonds. The number of aromatic nitrogens is 1. The fourth-order valence-corrected chi connectivity index (χ4v) is 1.66. The van der Waals surface area contributed by atoms with Crippen LogP contribution in [-0.4, -0.2) is 16.1 Å². The summed E-state index contributed by atoms with van der Waals surface area (Å²) in [5, 5.41) is 9.36. The lowest BCUT2D eigenvalue weighted by molar-refractivity contribution is 0.0695. The molecule has 1 rings (SSSR count). The Hall–Kier alpha value is -0.800. The minimum absolute atomic E-state index is 0.0519. The molecule has 0 fully saturated rings. The molecule has 0 saturated carbocycles. The number of halogens is 2. The van der Waals surface area contributed by atoms with Crippen molar-refractivity contribution < 1.29 is 9.90 Å². The third-order valence-corrected chi connectivity index (χ3v) is 2.77. The number of aryl methyl sites for hydroxylation is 1. The van der Waals surface area contributed by atoms with Crippen molar-refractivity contribution in [2.24, 2.45) is 0 Å². The number of carboxylic acid groups (broad SMARTS) is 1. The molecule has 3 nitrogen and oxygen atoms in total. The summed E-state index contributed by atoms with van der Waals surface area (Å²) < 4.78 is 0. The topological polar surface area (TPSA) is 50.2 Å². The maximum atomic E-state index is 10.9. The third-order valence-electron chi connectivity index (χ3n) is 1.93. The number of hydrogen-bond donors (Lipinski definition) is 1. The summed E-state index contributed by atoms with van der Waals surface area (Å²) >= 11 is 11.7. The van der Waals surface area contributed by atoms with Crippen molar-refractivity contribution in [1.29, 1.82) is 0 Å². The average molecular weight is 234 g/mol. The van der Waals surface area contributed by atoms with Crippen molar-refractivity contribution in [2.45, 2.75) is 20.3 Å². The van der Waals surface area contributed by atoms with E-state index < -0.39 is 5.97 Å². The predicted octanol–water partition coefficient (Wildman–Crippen LogP) is 2.96. The van der Waals surface area contributed by atoms with Crippen LogP contribution in [0.3, 0.4) is 0 Å². The van der Waals surface area contributed by atoms with E-state index in [-0.39, 0.29) is 15.7 Å². The third kappa shape index (κ3) is 1.83. The van der Waals surface area contributed by atoms with Crippen molar-refractivity contribution in [3.05, 3.63) is 27.0 Å². The van der Waals surface area contributed by atoms with E-state index in [0.717, 1.165) is 0 Å². The molecule has 0 aromatic carbocycles. The normalized spacial score (nSPS) is 10.3. The highest BCUT2D eigenvalue weighted by Gasteiger charge is 2.19. The Morgan fingerprint density at radius 2 is 2.07 bits per heavy atom. The van der Waals surface area contributed by atoms with Crippen molar-refractivity contribution in [3.8, 4) is 0 Å². The van der Waals surface area contributed by atoms with Gasteiger partial charge in [-0.1, -0.05) is 30.1 Å². The lowest BCUT2D eigenvalue weighted by Crippen LogP contribution is -2.07. The van der Waals surface area contributed by atoms with Gasteiger partial charge >= 0.3 is 5.97 Å². The molecule has 0 aliphatic rings. The Morgan fingerprint density at radius 1 is 1.50 bits per heavy atom. The summed E-state index contributed by atoms with van der Waals surface area (Å²) in [7, 11) is 0. The summed E-state index contributed by atoms with van der Waals surface area (Å²) in [6.07, 6.45) is 0.487. The van der Waals surface area contributed by atoms with Gasteiger partial charge in [-0.15, -0.1) is 0 Å². The van der Waals surface area contributed by atoms with E-state index in [9.17, 15) is 4.79 Å². The van der Waals surface area contributed by atoms with Gasteiger partial charge in [0.15, 0.2) is 0 Å². The molecule has 5 heteroatoms. The fraction of sp³-hybridized carbons (Fsp3) is 0.333. The van der Waals surface area contributed by atoms with Gasteiger partial charge in [-0.3, -0.25) is 0 Å². The van der Waals surface area contributed by atoms with Crippen molar-refractivity contribution >= 4 is 29.2 Å². The fourth-order valence-electron chi connectivity index (χ4n) is 1.14. The average Bonchev–Trinajstić information content (AvgIpc) is 2.12. The summed E-state index contributed by atoms with van der Waals surface area (Å²) in [6.45, 7) is 3.44. The van der Waals surface area contributed by atoms with Crippen LogP contribution >= 0.6 is 23.2 Å². The van der Waals surface area contributed by atoms with Crippen LogP contribution in [0.5, 0.6) is 0 Å². The second kappa shape index (κ2) is 4.15. The predicted molar refractivity (Wildman–Crippen MR) is 55.3 cm³/mol. The zero-order valence-corrected chi connectivity index (χ0v) is 9.28. The molecule has 14 heavy (non-hydrogen) atoms. The van der Waals surface area contributed by atoms with Gasteiger partial charge < -0.3 is 5.11 Å². The molecule has 76 valence electrons. The van der Waals surface area contributed by atoms with E-state index in [4.69, 9.17) is 28.3 Å². The molecule has 0 aliphatic heterocycles. The summed E-state index contributed by atoms with van der Waals surface area (Å²) in [6, 6.07) is 0. The van der Waals surface area contributed by atoms with Gasteiger partial charge in [0.2, 0.25) is 0 Å². The summed E-state index contributed by atoms with van der Waals surface area (Å²) in [5.41, 5.74) is 0.970. The van der Waals surface area contributed by atoms with Crippen LogP contribution < -0.4 is 0 Å². The minimum Gasteiger partial charge on any atom is -0.478 e. The Morgan fingerprint density at radius 3 is 2.50 bits per heavy atom. The number of pyridine rings is 1. The number of nitrogens with zero attached hydrogens (tertiary/aromatic N) is 1. The highest BCUT2D eigenvalue weighted by Crippen LogP contribution is 2.28. The van der Waals surface area contributed by atoms with Crippen molar-refractivity contribution in [2.75, 3.05) is 0 Å². The van der Waals surface area contributed by atoms with Gasteiger partial charge in [0, 0.05) is 5.56 Å². The van der Waals surface area contributed by atoms with E-state index >= 15 is 0 Å². The minimum atomic E-state index is -1.07. The van der Waals surface area contributed by atoms with Crippen molar-refractivity contribution in [1.82, 2.24) is 4.98 Å². The first kappa shape index (κ1) is 11.3. The van der Waals surface area contributed by atoms with Gasteiger partial charge in [-0.2, -0.15) is 0 Å². The van der Waals surface area contributed by atoms with E-state index in [0.29, 0.717) is 17.7 Å². The second-order valence-corrected chi connectivity index (χ2v) is 3.56. The molecule has 0 bridgehead atoms. The molecular formula is C9H9Cl2NO2. The molecule has 0 unspecified atom stereocenters. The molecule has 0 aliphatic carbocycles. The lowest BCUT2D eigenvalue weighted by atomic mass is 10.1. The molecule has 1 heterocycles. The Balaban J connectivity index is 3.53. The number of carbonyl (C=O) groups is 1. The van der Waals surface area contributed by atoms with Gasteiger partial charge in [-0.05, 0) is 13.3 Å². The van der Waals surface area contributed by atoms with E-state index in [1.54, 1.807) is 13.8 Å². The molecule has 0 radical (unpaired) electrons. The first-order valence-electron chi connectivity index (χ1n) is 4.06. The SMILES string of the molecule is CCc1nc(Cl)c(C)c(Cl)c1C(=O)O. The molecule has 0 spiro atoms. The second-order valence-electron chi connectivity index (χ2n) is 2.82. The van der Waals surface area contributed by atoms with Gasteiger partial charge in [0.05, 0.1) is 16.3 Å². The first-order chi connectivity index (χ1) is 6.49. The van der Waals surface area contributed by atoms with Crippen LogP contribution in [0.15, 0.2) is 0 Å². The van der Waals surface area contributed by atoms with Crippen LogP contribution in [-0.2, 0) is 6.42 Å². The molecule has 1 aromatic heterocycles. The Bertz CT molecular complexity index is 391. The number of rotatable bonds is 2. The molecule has 0 saturated heterocycles. The first-order valence-corrected chi connectivity index (χ1v) is 4.82. The van der Waals surface area contributed by atoms with E-state index in [1.165, 1.54) is 0 Å². The largest absolute Gasteiger partial charge is 0.478 e. The quantitative estimate of drug-likeness (QED) is 0.800. The Labute approximate surface area is 91.7 Å². The van der Waals surface area contributed by atoms with Crippen molar-refractivity contribution in [3.63, 3.8) is 0 Å². The maximum Gasteiger partial charge on any atom is 0.339 e. The Kier molecular flexibility index (Phi) is 3.34. The van der Waals surface area contributed by atoms with Crippen LogP contribution in [0.1, 0.15) is 28.5 Å². The smallest absolute Gasteiger partial charge is 0.339 e. The number of hydrogen-bond acceptors (Lipinski definition) is 2. The molecule has 1 aromatic rings. The van der Waals surface area contributed by atoms with E-state index in [1.807, 2.05) is 0 Å². The van der Waals surface area contributed by atoms with Crippen LogP contribution in [0.25, 0.3) is 0 Å². The summed E-state index contributed by atoms with van der Waals surface area (Å²) in [5.74, 6) is -1.07. The zero-order valence-electron chi connectivity index (χ0n) is 7.77. The number of aromatic carboxylic acids is 1. The standard InChI is InChI=1S/C9H9Cl2NO2/c1-3-5-6(9(13)14)7(10)4(2)8(11)12-5/h3H2,1-2H3,(H,13,14). The van der Waals surface area contributed by atoms with Gasteiger partial charge in [0.25, 0.3) is 0 Å². The monoisotopic (exact) mass is 233 g/mol. The highest BCUT2D eigenvalue weighted by molar-refractivity contribution is 6.37. The van der Waals surface area contributed by atoms with Crippen LogP contribution in [0.4, 0.5) is 0 Å². The van der Waals surface area contributed by atoms with Gasteiger partial charge in [-0.25, -0.2) is 9.78 Å². The molecule has 0 atom stereocenters. The van der Waals surface area contributed by atoms with E-state index in [2.05, 4.69) is 4.98 Å². The maximum absolute atomic E-state index is 10.9. The van der Waals surface area contributed by atoms with Crippen LogP contribution in [0.2, 0.25) is 10.2 Å². The highest BCUT2D eigenvalue weighted by atomic mass is 35.5. The van der Waals surface area contributed by atoms with Gasteiger partial charge in [0.1, 0.15) is 5.15 Å².